The zero-order valence-corrected chi connectivity index (χ0v) is 12.0. The van der Waals surface area contributed by atoms with E-state index in [9.17, 15) is 9.59 Å². The number of ether oxygens (including phenoxy) is 1. The number of carbonyl (C=O) groups is 2. The first-order chi connectivity index (χ1) is 9.62. The highest BCUT2D eigenvalue weighted by Crippen LogP contribution is 2.20. The number of rotatable bonds is 4. The third kappa shape index (κ3) is 3.69. The molecule has 1 saturated heterocycles. The fraction of sp³-hybridized carbons (Fsp3) is 0.500. The van der Waals surface area contributed by atoms with Gasteiger partial charge >= 0.3 is 6.09 Å². The summed E-state index contributed by atoms with van der Waals surface area (Å²) in [5.74, 6) is 4.83. The second-order valence-electron chi connectivity index (χ2n) is 4.60. The highest BCUT2D eigenvalue weighted by atomic mass is 32.1. The molecule has 1 aromatic rings. The second-order valence-corrected chi connectivity index (χ2v) is 5.76. The Hall–Kier alpha value is -1.64. The van der Waals surface area contributed by atoms with Crippen molar-refractivity contribution < 1.29 is 14.3 Å². The molecule has 8 heteroatoms. The third-order valence-corrected chi connectivity index (χ3v) is 4.24. The molecule has 7 nitrogen and oxygen atoms in total. The van der Waals surface area contributed by atoms with Gasteiger partial charge in [0.1, 0.15) is 0 Å². The van der Waals surface area contributed by atoms with Gasteiger partial charge in [-0.1, -0.05) is 0 Å². The van der Waals surface area contributed by atoms with Gasteiger partial charge in [0.15, 0.2) is 0 Å². The number of nitrogens with one attached hydrogen (secondary N) is 2. The van der Waals surface area contributed by atoms with E-state index in [1.807, 2.05) is 6.07 Å². The number of hydrazine groups is 1. The lowest BCUT2D eigenvalue weighted by molar-refractivity contribution is 0.0957. The number of alkyl carbamates (subject to hydrolysis) is 1. The first kappa shape index (κ1) is 14.8. The summed E-state index contributed by atoms with van der Waals surface area (Å²) in [6.07, 6.45) is 0.506. The molecule has 1 unspecified atom stereocenters. The molecule has 2 rings (SSSR count). The summed E-state index contributed by atoms with van der Waals surface area (Å²) in [5.41, 5.74) is 2.12. The molecular formula is C12H18N4O3S. The van der Waals surface area contributed by atoms with Crippen LogP contribution in [0.4, 0.5) is 4.79 Å². The summed E-state index contributed by atoms with van der Waals surface area (Å²) in [4.78, 5) is 26.4. The predicted molar refractivity (Wildman–Crippen MR) is 75.2 cm³/mol. The first-order valence-electron chi connectivity index (χ1n) is 6.29. The minimum Gasteiger partial charge on any atom is -0.453 e. The predicted octanol–water partition coefficient (Wildman–Crippen LogP) is 0.282. The molecular weight excluding hydrogens is 280 g/mol. The Morgan fingerprint density at radius 3 is 3.05 bits per heavy atom. The van der Waals surface area contributed by atoms with E-state index in [-0.39, 0.29) is 11.9 Å². The molecule has 1 aliphatic rings. The van der Waals surface area contributed by atoms with Crippen LogP contribution in [0, 0.1) is 0 Å². The van der Waals surface area contributed by atoms with Crippen LogP contribution in [-0.2, 0) is 11.3 Å². The smallest absolute Gasteiger partial charge is 0.407 e. The standard InChI is InChI=1S/C12H18N4O3S/c1-19-12(18)14-8-4-5-16(6-8)7-9-2-3-10(20-9)11(17)15-13/h2-3,8H,4-7,13H2,1H3,(H,14,18)(H,15,17). The molecule has 0 aromatic carbocycles. The van der Waals surface area contributed by atoms with Gasteiger partial charge in [-0.25, -0.2) is 10.6 Å². The molecule has 1 aliphatic heterocycles. The lowest BCUT2D eigenvalue weighted by Crippen LogP contribution is -2.36. The topological polar surface area (TPSA) is 96.7 Å². The number of carbonyl (C=O) groups excluding carboxylic acids is 2. The number of hydrogen-bond donors (Lipinski definition) is 3. The molecule has 0 saturated carbocycles. The molecule has 0 spiro atoms. The van der Waals surface area contributed by atoms with Gasteiger partial charge in [-0.05, 0) is 18.6 Å². The van der Waals surface area contributed by atoms with E-state index in [1.54, 1.807) is 6.07 Å². The summed E-state index contributed by atoms with van der Waals surface area (Å²) < 4.78 is 4.58. The van der Waals surface area contributed by atoms with E-state index in [0.717, 1.165) is 30.9 Å². The Kier molecular flexibility index (Phi) is 4.94. The molecule has 1 atom stereocenters. The number of hydrogen-bond acceptors (Lipinski definition) is 6. The van der Waals surface area contributed by atoms with E-state index < -0.39 is 6.09 Å². The zero-order chi connectivity index (χ0) is 14.5. The molecule has 4 N–H and O–H groups in total. The van der Waals surface area contributed by atoms with E-state index in [2.05, 4.69) is 20.4 Å². The average Bonchev–Trinajstić information content (AvgIpc) is 3.08. The number of nitrogens with zero attached hydrogens (tertiary/aromatic N) is 1. The number of likely N-dealkylation sites (tertiary alicyclic amines) is 1. The van der Waals surface area contributed by atoms with Crippen molar-refractivity contribution in [1.82, 2.24) is 15.6 Å². The van der Waals surface area contributed by atoms with Gasteiger partial charge in [0.25, 0.3) is 5.91 Å². The summed E-state index contributed by atoms with van der Waals surface area (Å²) in [6, 6.07) is 3.81. The van der Waals surface area contributed by atoms with Gasteiger partial charge in [-0.3, -0.25) is 15.1 Å². The van der Waals surface area contributed by atoms with Gasteiger partial charge in [-0.15, -0.1) is 11.3 Å². The third-order valence-electron chi connectivity index (χ3n) is 3.18. The number of nitrogen functional groups attached to an aromatic ring is 1. The quantitative estimate of drug-likeness (QED) is 0.421. The Labute approximate surface area is 121 Å². The molecule has 20 heavy (non-hydrogen) atoms. The largest absolute Gasteiger partial charge is 0.453 e. The molecule has 0 bridgehead atoms. The summed E-state index contributed by atoms with van der Waals surface area (Å²) in [7, 11) is 1.36. The van der Waals surface area contributed by atoms with Gasteiger partial charge in [0.05, 0.1) is 12.0 Å². The van der Waals surface area contributed by atoms with Crippen LogP contribution in [0.3, 0.4) is 0 Å². The summed E-state index contributed by atoms with van der Waals surface area (Å²) in [5, 5.41) is 2.80. The minimum atomic E-state index is -0.394. The van der Waals surface area contributed by atoms with E-state index >= 15 is 0 Å². The Morgan fingerprint density at radius 2 is 2.35 bits per heavy atom. The van der Waals surface area contributed by atoms with Gasteiger partial charge in [-0.2, -0.15) is 0 Å². The van der Waals surface area contributed by atoms with Gasteiger partial charge < -0.3 is 10.1 Å². The number of amides is 2. The lowest BCUT2D eigenvalue weighted by Gasteiger charge is -2.15. The monoisotopic (exact) mass is 298 g/mol. The maximum atomic E-state index is 11.4. The Morgan fingerprint density at radius 1 is 1.55 bits per heavy atom. The van der Waals surface area contributed by atoms with Gasteiger partial charge in [0.2, 0.25) is 0 Å². The molecule has 1 fully saturated rings. The van der Waals surface area contributed by atoms with E-state index in [1.165, 1.54) is 18.4 Å². The Balaban J connectivity index is 1.84. The van der Waals surface area contributed by atoms with Crippen LogP contribution in [-0.4, -0.2) is 43.1 Å². The number of methoxy groups -OCH3 is 1. The van der Waals surface area contributed by atoms with Crippen molar-refractivity contribution >= 4 is 23.3 Å². The fourth-order valence-electron chi connectivity index (χ4n) is 2.20. The van der Waals surface area contributed by atoms with Crippen LogP contribution in [0.25, 0.3) is 0 Å². The van der Waals surface area contributed by atoms with Crippen LogP contribution in [0.15, 0.2) is 12.1 Å². The van der Waals surface area contributed by atoms with Crippen LogP contribution in [0.2, 0.25) is 0 Å². The maximum Gasteiger partial charge on any atom is 0.407 e. The Bertz CT molecular complexity index is 491. The van der Waals surface area contributed by atoms with Crippen molar-refractivity contribution in [2.45, 2.75) is 19.0 Å². The normalized spacial score (nSPS) is 18.8. The first-order valence-corrected chi connectivity index (χ1v) is 7.10. The van der Waals surface area contributed by atoms with Crippen molar-refractivity contribution in [3.63, 3.8) is 0 Å². The highest BCUT2D eigenvalue weighted by molar-refractivity contribution is 7.14. The zero-order valence-electron chi connectivity index (χ0n) is 11.2. The van der Waals surface area contributed by atoms with Crippen LogP contribution >= 0.6 is 11.3 Å². The van der Waals surface area contributed by atoms with Crippen molar-refractivity contribution in [3.05, 3.63) is 21.9 Å². The van der Waals surface area contributed by atoms with Crippen molar-refractivity contribution in [1.29, 1.82) is 0 Å². The molecule has 0 radical (unpaired) electrons. The van der Waals surface area contributed by atoms with Crippen LogP contribution in [0.5, 0.6) is 0 Å². The minimum absolute atomic E-state index is 0.120. The molecule has 110 valence electrons. The highest BCUT2D eigenvalue weighted by Gasteiger charge is 2.24. The van der Waals surface area contributed by atoms with Crippen LogP contribution < -0.4 is 16.6 Å². The molecule has 0 aliphatic carbocycles. The van der Waals surface area contributed by atoms with Crippen molar-refractivity contribution in [2.75, 3.05) is 20.2 Å². The van der Waals surface area contributed by atoms with Crippen molar-refractivity contribution in [3.8, 4) is 0 Å². The molecule has 1 aromatic heterocycles. The van der Waals surface area contributed by atoms with Crippen LogP contribution in [0.1, 0.15) is 21.0 Å². The summed E-state index contributed by atoms with van der Waals surface area (Å²) in [6.45, 7) is 2.46. The van der Waals surface area contributed by atoms with Gasteiger partial charge in [0, 0.05) is 30.6 Å². The lowest BCUT2D eigenvalue weighted by atomic mass is 10.3. The van der Waals surface area contributed by atoms with E-state index in [0.29, 0.717) is 4.88 Å². The number of nitrogens with two attached hydrogens (primary N) is 1. The fourth-order valence-corrected chi connectivity index (χ4v) is 3.15. The SMILES string of the molecule is COC(=O)NC1CCN(Cc2ccc(C(=O)NN)s2)C1. The van der Waals surface area contributed by atoms with E-state index in [4.69, 9.17) is 5.84 Å². The average molecular weight is 298 g/mol. The molecule has 2 heterocycles. The van der Waals surface area contributed by atoms with Crippen molar-refractivity contribution in [2.24, 2.45) is 5.84 Å². The summed E-state index contributed by atoms with van der Waals surface area (Å²) >= 11 is 1.43. The maximum absolute atomic E-state index is 11.4. The number of thiophene rings is 1. The molecule has 2 amide bonds. The second kappa shape index (κ2) is 6.69.